The summed E-state index contributed by atoms with van der Waals surface area (Å²) < 4.78 is 5.39. The predicted molar refractivity (Wildman–Crippen MR) is 73.8 cm³/mol. The highest BCUT2D eigenvalue weighted by Gasteiger charge is 2.30. The predicted octanol–water partition coefficient (Wildman–Crippen LogP) is 2.95. The summed E-state index contributed by atoms with van der Waals surface area (Å²) in [6, 6.07) is 11.7. The van der Waals surface area contributed by atoms with Gasteiger partial charge in [0.25, 0.3) is 0 Å². The number of ether oxygens (including phenoxy) is 1. The van der Waals surface area contributed by atoms with Gasteiger partial charge in [0.1, 0.15) is 0 Å². The van der Waals surface area contributed by atoms with Gasteiger partial charge in [-0.15, -0.1) is 0 Å². The van der Waals surface area contributed by atoms with Crippen LogP contribution in [0.2, 0.25) is 0 Å². The van der Waals surface area contributed by atoms with Crippen LogP contribution in [0, 0.1) is 5.92 Å². The molecule has 1 saturated heterocycles. The van der Waals surface area contributed by atoms with Crippen molar-refractivity contribution in [3.63, 3.8) is 0 Å². The van der Waals surface area contributed by atoms with E-state index in [1.807, 2.05) is 0 Å². The Balaban J connectivity index is 1.37. The molecule has 0 atom stereocenters. The number of benzene rings is 1. The van der Waals surface area contributed by atoms with Crippen LogP contribution in [0.5, 0.6) is 0 Å². The highest BCUT2D eigenvalue weighted by molar-refractivity contribution is 5.22. The van der Waals surface area contributed by atoms with E-state index in [0.29, 0.717) is 0 Å². The van der Waals surface area contributed by atoms with E-state index in [1.165, 1.54) is 37.8 Å². The van der Waals surface area contributed by atoms with Gasteiger partial charge in [-0.25, -0.2) is 0 Å². The molecule has 18 heavy (non-hydrogen) atoms. The maximum absolute atomic E-state index is 5.39. The monoisotopic (exact) mass is 245 g/mol. The van der Waals surface area contributed by atoms with Crippen molar-refractivity contribution >= 4 is 0 Å². The third kappa shape index (κ3) is 2.93. The van der Waals surface area contributed by atoms with Crippen LogP contribution in [0.4, 0.5) is 0 Å². The second kappa shape index (κ2) is 5.85. The quantitative estimate of drug-likeness (QED) is 0.880. The summed E-state index contributed by atoms with van der Waals surface area (Å²) in [6.45, 7) is 3.11. The van der Waals surface area contributed by atoms with Crippen molar-refractivity contribution in [1.29, 1.82) is 0 Å². The molecule has 1 aliphatic carbocycles. The van der Waals surface area contributed by atoms with E-state index < -0.39 is 0 Å². The minimum Gasteiger partial charge on any atom is -0.381 e. The van der Waals surface area contributed by atoms with E-state index in [0.717, 1.165) is 31.1 Å². The van der Waals surface area contributed by atoms with E-state index in [4.69, 9.17) is 4.74 Å². The second-order valence-corrected chi connectivity index (χ2v) is 5.74. The van der Waals surface area contributed by atoms with Gasteiger partial charge in [0, 0.05) is 19.3 Å². The van der Waals surface area contributed by atoms with Gasteiger partial charge in [-0.2, -0.15) is 0 Å². The fraction of sp³-hybridized carbons (Fsp3) is 0.625. The molecule has 2 nitrogen and oxygen atoms in total. The van der Waals surface area contributed by atoms with E-state index in [9.17, 15) is 0 Å². The van der Waals surface area contributed by atoms with Crippen molar-refractivity contribution in [2.45, 2.75) is 37.6 Å². The average molecular weight is 245 g/mol. The molecule has 0 unspecified atom stereocenters. The standard InChI is InChI=1S/C16H23NO/c1-2-4-14(5-3-1)15-10-16(11-15)17-12-13-6-8-18-9-7-13/h1-5,13,15-17H,6-12H2. The largest absolute Gasteiger partial charge is 0.381 e. The molecule has 0 spiro atoms. The minimum absolute atomic E-state index is 0.748. The summed E-state index contributed by atoms with van der Waals surface area (Å²) in [5.41, 5.74) is 1.52. The van der Waals surface area contributed by atoms with Gasteiger partial charge < -0.3 is 10.1 Å². The Morgan fingerprint density at radius 3 is 2.50 bits per heavy atom. The zero-order chi connectivity index (χ0) is 12.2. The first-order chi connectivity index (χ1) is 8.92. The summed E-state index contributed by atoms with van der Waals surface area (Å²) in [7, 11) is 0. The average Bonchev–Trinajstić information content (AvgIpc) is 2.39. The number of hydrogen-bond donors (Lipinski definition) is 1. The van der Waals surface area contributed by atoms with Crippen LogP contribution in [-0.4, -0.2) is 25.8 Å². The van der Waals surface area contributed by atoms with E-state index >= 15 is 0 Å². The highest BCUT2D eigenvalue weighted by Crippen LogP contribution is 2.36. The van der Waals surface area contributed by atoms with Crippen LogP contribution >= 0.6 is 0 Å². The maximum atomic E-state index is 5.39. The Bertz CT molecular complexity index is 353. The zero-order valence-electron chi connectivity index (χ0n) is 11.0. The molecule has 1 aromatic rings. The molecule has 2 heteroatoms. The first-order valence-electron chi connectivity index (χ1n) is 7.28. The fourth-order valence-electron chi connectivity index (χ4n) is 3.07. The van der Waals surface area contributed by atoms with Crippen molar-refractivity contribution in [3.8, 4) is 0 Å². The third-order valence-corrected chi connectivity index (χ3v) is 4.45. The molecule has 0 aromatic heterocycles. The van der Waals surface area contributed by atoms with Gasteiger partial charge in [-0.1, -0.05) is 30.3 Å². The van der Waals surface area contributed by atoms with Gasteiger partial charge in [0.15, 0.2) is 0 Å². The van der Waals surface area contributed by atoms with Crippen LogP contribution < -0.4 is 5.32 Å². The lowest BCUT2D eigenvalue weighted by Gasteiger charge is -2.37. The Kier molecular flexibility index (Phi) is 3.96. The lowest BCUT2D eigenvalue weighted by atomic mass is 9.75. The van der Waals surface area contributed by atoms with Crippen LogP contribution in [-0.2, 0) is 4.74 Å². The highest BCUT2D eigenvalue weighted by atomic mass is 16.5. The van der Waals surface area contributed by atoms with Crippen molar-refractivity contribution in [1.82, 2.24) is 5.32 Å². The molecule has 2 fully saturated rings. The third-order valence-electron chi connectivity index (χ3n) is 4.45. The molecular weight excluding hydrogens is 222 g/mol. The summed E-state index contributed by atoms with van der Waals surface area (Å²) >= 11 is 0. The number of nitrogens with one attached hydrogen (secondary N) is 1. The molecule has 0 bridgehead atoms. The molecule has 0 amide bonds. The van der Waals surface area contributed by atoms with Crippen LogP contribution in [0.1, 0.15) is 37.2 Å². The van der Waals surface area contributed by atoms with E-state index in [-0.39, 0.29) is 0 Å². The lowest BCUT2D eigenvalue weighted by molar-refractivity contribution is 0.0640. The zero-order valence-corrected chi connectivity index (χ0v) is 11.0. The summed E-state index contributed by atoms with van der Waals surface area (Å²) in [4.78, 5) is 0. The normalized spacial score (nSPS) is 28.9. The minimum atomic E-state index is 0.748. The van der Waals surface area contributed by atoms with Gasteiger partial charge in [-0.3, -0.25) is 0 Å². The number of rotatable bonds is 4. The molecule has 98 valence electrons. The summed E-state index contributed by atoms with van der Waals surface area (Å²) in [6.07, 6.45) is 5.10. The summed E-state index contributed by atoms with van der Waals surface area (Å²) in [5.74, 6) is 1.63. The van der Waals surface area contributed by atoms with Crippen LogP contribution in [0.15, 0.2) is 30.3 Å². The van der Waals surface area contributed by atoms with Crippen molar-refractivity contribution < 1.29 is 4.74 Å². The molecule has 1 saturated carbocycles. The molecule has 1 aromatic carbocycles. The van der Waals surface area contributed by atoms with Gasteiger partial charge in [0.05, 0.1) is 0 Å². The lowest BCUT2D eigenvalue weighted by Crippen LogP contribution is -2.42. The smallest absolute Gasteiger partial charge is 0.0469 e. The molecule has 3 rings (SSSR count). The van der Waals surface area contributed by atoms with Crippen molar-refractivity contribution in [3.05, 3.63) is 35.9 Å². The molecule has 1 heterocycles. The Morgan fingerprint density at radius 2 is 1.78 bits per heavy atom. The topological polar surface area (TPSA) is 21.3 Å². The second-order valence-electron chi connectivity index (χ2n) is 5.74. The first-order valence-corrected chi connectivity index (χ1v) is 7.28. The Labute approximate surface area is 110 Å². The Morgan fingerprint density at radius 1 is 1.06 bits per heavy atom. The SMILES string of the molecule is c1ccc(C2CC(NCC3CCOCC3)C2)cc1. The van der Waals surface area contributed by atoms with Gasteiger partial charge in [-0.05, 0) is 49.6 Å². The maximum Gasteiger partial charge on any atom is 0.0469 e. The van der Waals surface area contributed by atoms with Crippen LogP contribution in [0.25, 0.3) is 0 Å². The summed E-state index contributed by atoms with van der Waals surface area (Å²) in [5, 5.41) is 3.73. The van der Waals surface area contributed by atoms with E-state index in [2.05, 4.69) is 35.6 Å². The van der Waals surface area contributed by atoms with E-state index in [1.54, 1.807) is 0 Å². The Hall–Kier alpha value is -0.860. The van der Waals surface area contributed by atoms with Crippen molar-refractivity contribution in [2.75, 3.05) is 19.8 Å². The molecule has 1 aliphatic heterocycles. The molecule has 2 aliphatic rings. The van der Waals surface area contributed by atoms with Crippen molar-refractivity contribution in [2.24, 2.45) is 5.92 Å². The number of hydrogen-bond acceptors (Lipinski definition) is 2. The molecular formula is C16H23NO. The first kappa shape index (κ1) is 12.2. The fourth-order valence-corrected chi connectivity index (χ4v) is 3.07. The van der Waals surface area contributed by atoms with Crippen LogP contribution in [0.3, 0.4) is 0 Å². The molecule has 1 N–H and O–H groups in total. The molecule has 0 radical (unpaired) electrons. The van der Waals surface area contributed by atoms with Gasteiger partial charge >= 0.3 is 0 Å². The van der Waals surface area contributed by atoms with Gasteiger partial charge in [0.2, 0.25) is 0 Å².